The minimum absolute atomic E-state index is 0. The molecule has 0 aromatic rings. The zero-order valence-corrected chi connectivity index (χ0v) is 4.26. The molecule has 1 rings (SSSR count). The fourth-order valence-electron chi connectivity index (χ4n) is 0.685. The van der Waals surface area contributed by atoms with Crippen molar-refractivity contribution in [1.29, 1.82) is 0 Å². The molecule has 3 heteroatoms. The van der Waals surface area contributed by atoms with Crippen LogP contribution < -0.4 is 0 Å². The quantitative estimate of drug-likeness (QED) is 0.444. The van der Waals surface area contributed by atoms with Gasteiger partial charge >= 0.3 is 29.6 Å². The third-order valence-electron chi connectivity index (χ3n) is 1.19. The van der Waals surface area contributed by atoms with E-state index in [1.54, 1.807) is 0 Å². The number of hydrogen-bond donors (Lipinski definition) is 1. The van der Waals surface area contributed by atoms with Crippen LogP contribution in [0.1, 0.15) is 12.8 Å². The number of aliphatic hydroxyl groups excluding tert-OH is 1. The molecule has 0 atom stereocenters. The summed E-state index contributed by atoms with van der Waals surface area (Å²) in [7, 11) is 0. The predicted octanol–water partition coefficient (Wildman–Crippen LogP) is -0.491. The van der Waals surface area contributed by atoms with Crippen molar-refractivity contribution in [2.75, 3.05) is 13.2 Å². The van der Waals surface area contributed by atoms with Gasteiger partial charge in [-0.3, -0.25) is 0 Å². The summed E-state index contributed by atoms with van der Waals surface area (Å²) in [6.07, 6.45) is 1.55. The zero-order chi connectivity index (χ0) is 5.11. The Bertz CT molecular complexity index is 52.4. The summed E-state index contributed by atoms with van der Waals surface area (Å²) in [5.74, 6) is 0. The van der Waals surface area contributed by atoms with Crippen molar-refractivity contribution in [3.8, 4) is 0 Å². The van der Waals surface area contributed by atoms with E-state index in [2.05, 4.69) is 0 Å². The average Bonchev–Trinajstić information content (AvgIpc) is 1.69. The molecule has 1 aliphatic rings. The average molecular weight is 126 g/mol. The second-order valence-corrected chi connectivity index (χ2v) is 1.84. The molecule has 0 unspecified atom stereocenters. The van der Waals surface area contributed by atoms with Gasteiger partial charge in [0.05, 0.1) is 6.10 Å². The summed E-state index contributed by atoms with van der Waals surface area (Å²) in [5.41, 5.74) is 0. The molecule has 0 radical (unpaired) electrons. The first-order valence-electron chi connectivity index (χ1n) is 2.65. The van der Waals surface area contributed by atoms with Crippen molar-refractivity contribution in [3.05, 3.63) is 0 Å². The second kappa shape index (κ2) is 4.77. The molecule has 1 N–H and O–H groups in total. The number of ether oxygens (including phenoxy) is 1. The maximum absolute atomic E-state index is 8.83. The van der Waals surface area contributed by atoms with E-state index in [1.165, 1.54) is 0 Å². The minimum atomic E-state index is -0.0891. The molecule has 44 valence electrons. The molecule has 0 aliphatic carbocycles. The van der Waals surface area contributed by atoms with E-state index in [0.29, 0.717) is 0 Å². The summed E-state index contributed by atoms with van der Waals surface area (Å²) < 4.78 is 4.98. The molecule has 2 nitrogen and oxygen atoms in total. The number of hydrogen-bond acceptors (Lipinski definition) is 2. The van der Waals surface area contributed by atoms with Gasteiger partial charge in [0.15, 0.2) is 0 Å². The van der Waals surface area contributed by atoms with Gasteiger partial charge in [-0.2, -0.15) is 0 Å². The molecule has 0 amide bonds. The summed E-state index contributed by atoms with van der Waals surface area (Å²) >= 11 is 0. The van der Waals surface area contributed by atoms with Crippen LogP contribution in [0.4, 0.5) is 0 Å². The Morgan fingerprint density at radius 2 is 1.75 bits per heavy atom. The van der Waals surface area contributed by atoms with E-state index in [-0.39, 0.29) is 35.7 Å². The number of aliphatic hydroxyl groups is 1. The van der Waals surface area contributed by atoms with Crippen molar-refractivity contribution < 1.29 is 9.84 Å². The zero-order valence-electron chi connectivity index (χ0n) is 4.26. The normalized spacial score (nSPS) is 22.1. The fraction of sp³-hybridized carbons (Fsp3) is 1.00. The van der Waals surface area contributed by atoms with Gasteiger partial charge in [0.1, 0.15) is 0 Å². The molecule has 1 saturated heterocycles. The fourth-order valence-corrected chi connectivity index (χ4v) is 0.685. The van der Waals surface area contributed by atoms with Gasteiger partial charge < -0.3 is 9.84 Å². The van der Waals surface area contributed by atoms with Crippen molar-refractivity contribution >= 4 is 29.6 Å². The van der Waals surface area contributed by atoms with E-state index in [1.807, 2.05) is 0 Å². The predicted molar refractivity (Wildman–Crippen MR) is 33.2 cm³/mol. The van der Waals surface area contributed by atoms with Gasteiger partial charge in [-0.15, -0.1) is 0 Å². The first kappa shape index (κ1) is 8.92. The number of rotatable bonds is 0. The molecule has 0 aromatic heterocycles. The summed E-state index contributed by atoms with van der Waals surface area (Å²) in [6.45, 7) is 1.47. The van der Waals surface area contributed by atoms with E-state index >= 15 is 0 Å². The van der Waals surface area contributed by atoms with Crippen LogP contribution in [-0.2, 0) is 4.74 Å². The molecule has 0 spiro atoms. The third-order valence-corrected chi connectivity index (χ3v) is 1.19. The maximum atomic E-state index is 8.83. The van der Waals surface area contributed by atoms with Crippen LogP contribution in [-0.4, -0.2) is 54.0 Å². The molecule has 1 aliphatic heterocycles. The van der Waals surface area contributed by atoms with E-state index < -0.39 is 0 Å². The van der Waals surface area contributed by atoms with Gasteiger partial charge in [0.2, 0.25) is 0 Å². The van der Waals surface area contributed by atoms with Gasteiger partial charge in [-0.25, -0.2) is 0 Å². The molecule has 0 bridgehead atoms. The molecule has 0 saturated carbocycles. The second-order valence-electron chi connectivity index (χ2n) is 1.84. The van der Waals surface area contributed by atoms with Crippen molar-refractivity contribution in [1.82, 2.24) is 0 Å². The van der Waals surface area contributed by atoms with Crippen LogP contribution in [0.5, 0.6) is 0 Å². The van der Waals surface area contributed by atoms with Gasteiger partial charge in [-0.1, -0.05) is 0 Å². The van der Waals surface area contributed by atoms with Crippen LogP contribution in [0, 0.1) is 0 Å². The SMILES string of the molecule is OC1CCOCC1.[NaH]. The van der Waals surface area contributed by atoms with Crippen molar-refractivity contribution in [2.24, 2.45) is 0 Å². The molecule has 1 heterocycles. The van der Waals surface area contributed by atoms with E-state index in [4.69, 9.17) is 9.84 Å². The van der Waals surface area contributed by atoms with Crippen LogP contribution in [0.3, 0.4) is 0 Å². The summed E-state index contributed by atoms with van der Waals surface area (Å²) in [5, 5.41) is 8.83. The van der Waals surface area contributed by atoms with Crippen LogP contribution in [0.2, 0.25) is 0 Å². The Morgan fingerprint density at radius 1 is 1.25 bits per heavy atom. The van der Waals surface area contributed by atoms with Gasteiger partial charge in [0, 0.05) is 13.2 Å². The Kier molecular flexibility index (Phi) is 5.31. The Hall–Kier alpha value is 0.920. The molecule has 1 fully saturated rings. The molecule has 8 heavy (non-hydrogen) atoms. The summed E-state index contributed by atoms with van der Waals surface area (Å²) in [6, 6.07) is 0. The molecule has 0 aromatic carbocycles. The van der Waals surface area contributed by atoms with Gasteiger partial charge in [-0.05, 0) is 12.8 Å². The third kappa shape index (κ3) is 3.05. The first-order chi connectivity index (χ1) is 3.39. The Balaban J connectivity index is 0.000000490. The van der Waals surface area contributed by atoms with E-state index in [9.17, 15) is 0 Å². The molecular formula is C5H11NaO2. The Morgan fingerprint density at radius 3 is 2.00 bits per heavy atom. The van der Waals surface area contributed by atoms with Gasteiger partial charge in [0.25, 0.3) is 0 Å². The topological polar surface area (TPSA) is 29.5 Å². The van der Waals surface area contributed by atoms with Crippen LogP contribution in [0.25, 0.3) is 0 Å². The first-order valence-corrected chi connectivity index (χ1v) is 2.65. The Labute approximate surface area is 71.5 Å². The standard InChI is InChI=1S/C5H10O2.Na.H/c6-5-1-3-7-4-2-5;;/h5-6H,1-4H2;;. The van der Waals surface area contributed by atoms with Crippen molar-refractivity contribution in [3.63, 3.8) is 0 Å². The van der Waals surface area contributed by atoms with Crippen LogP contribution in [0.15, 0.2) is 0 Å². The molecular weight excluding hydrogens is 115 g/mol. The summed E-state index contributed by atoms with van der Waals surface area (Å²) in [4.78, 5) is 0. The van der Waals surface area contributed by atoms with Crippen LogP contribution >= 0.6 is 0 Å². The monoisotopic (exact) mass is 126 g/mol. The van der Waals surface area contributed by atoms with Crippen molar-refractivity contribution in [2.45, 2.75) is 18.9 Å². The van der Waals surface area contributed by atoms with E-state index in [0.717, 1.165) is 26.1 Å².